The third-order valence-corrected chi connectivity index (χ3v) is 3.60. The summed E-state index contributed by atoms with van der Waals surface area (Å²) in [7, 11) is 0. The molecule has 0 radical (unpaired) electrons. The third-order valence-electron chi connectivity index (χ3n) is 3.60. The Bertz CT molecular complexity index is 429. The van der Waals surface area contributed by atoms with Crippen LogP contribution >= 0.6 is 0 Å². The highest BCUT2D eigenvalue weighted by atomic mass is 16.6. The summed E-state index contributed by atoms with van der Waals surface area (Å²) in [5.41, 5.74) is 1.85. The van der Waals surface area contributed by atoms with Gasteiger partial charge in [0.15, 0.2) is 0 Å². The fourth-order valence-corrected chi connectivity index (χ4v) is 2.41. The Morgan fingerprint density at radius 1 is 1.40 bits per heavy atom. The molecule has 0 aliphatic heterocycles. The lowest BCUT2D eigenvalue weighted by Crippen LogP contribution is -2.23. The highest BCUT2D eigenvalue weighted by Gasteiger charge is 2.13. The lowest BCUT2D eigenvalue weighted by molar-refractivity contribution is -0.385. The molecule has 0 saturated heterocycles. The summed E-state index contributed by atoms with van der Waals surface area (Å²) >= 11 is 0. The van der Waals surface area contributed by atoms with Crippen LogP contribution in [0.2, 0.25) is 0 Å². The average molecular weight is 280 g/mol. The average Bonchev–Trinajstić information content (AvgIpc) is 2.41. The van der Waals surface area contributed by atoms with Crippen LogP contribution in [0.1, 0.15) is 37.3 Å². The maximum Gasteiger partial charge on any atom is 0.272 e. The van der Waals surface area contributed by atoms with E-state index in [4.69, 9.17) is 5.11 Å². The summed E-state index contributed by atoms with van der Waals surface area (Å²) in [6.07, 6.45) is 2.98. The lowest BCUT2D eigenvalue weighted by Gasteiger charge is -2.16. The summed E-state index contributed by atoms with van der Waals surface area (Å²) in [5, 5.41) is 23.2. The number of benzene rings is 1. The molecule has 1 unspecified atom stereocenters. The molecule has 2 N–H and O–H groups in total. The molecule has 0 spiro atoms. The maximum absolute atomic E-state index is 10.9. The van der Waals surface area contributed by atoms with E-state index in [1.54, 1.807) is 13.0 Å². The van der Waals surface area contributed by atoms with Gasteiger partial charge in [-0.2, -0.15) is 0 Å². The van der Waals surface area contributed by atoms with Gasteiger partial charge in [-0.05, 0) is 37.8 Å². The largest absolute Gasteiger partial charge is 0.396 e. The zero-order valence-corrected chi connectivity index (χ0v) is 12.3. The molecule has 5 heteroatoms. The molecule has 0 aliphatic carbocycles. The minimum Gasteiger partial charge on any atom is -0.396 e. The van der Waals surface area contributed by atoms with E-state index in [0.717, 1.165) is 36.9 Å². The first-order valence-electron chi connectivity index (χ1n) is 7.14. The highest BCUT2D eigenvalue weighted by molar-refractivity contribution is 5.44. The monoisotopic (exact) mass is 280 g/mol. The van der Waals surface area contributed by atoms with E-state index in [1.165, 1.54) is 6.07 Å². The number of nitrogens with one attached hydrogen (secondary N) is 1. The summed E-state index contributed by atoms with van der Waals surface area (Å²) in [5.74, 6) is 0.462. The van der Waals surface area contributed by atoms with Gasteiger partial charge in [0.25, 0.3) is 5.69 Å². The molecule has 20 heavy (non-hydrogen) atoms. The van der Waals surface area contributed by atoms with Gasteiger partial charge in [0.1, 0.15) is 0 Å². The molecule has 0 saturated carbocycles. The summed E-state index contributed by atoms with van der Waals surface area (Å²) in [4.78, 5) is 10.5. The second kappa shape index (κ2) is 8.66. The Balaban J connectivity index is 2.57. The molecule has 0 aliphatic rings. The van der Waals surface area contributed by atoms with Gasteiger partial charge in [-0.15, -0.1) is 0 Å². The highest BCUT2D eigenvalue weighted by Crippen LogP contribution is 2.21. The SMILES string of the molecule is CCCC(CCO)CNCc1cccc([N+](=O)[O-])c1C. The van der Waals surface area contributed by atoms with Crippen molar-refractivity contribution in [2.75, 3.05) is 13.2 Å². The van der Waals surface area contributed by atoms with Crippen molar-refractivity contribution < 1.29 is 10.0 Å². The van der Waals surface area contributed by atoms with E-state index in [2.05, 4.69) is 12.2 Å². The first-order valence-corrected chi connectivity index (χ1v) is 7.14. The van der Waals surface area contributed by atoms with E-state index >= 15 is 0 Å². The second-order valence-electron chi connectivity index (χ2n) is 5.12. The van der Waals surface area contributed by atoms with Crippen molar-refractivity contribution in [3.63, 3.8) is 0 Å². The van der Waals surface area contributed by atoms with Gasteiger partial charge in [-0.25, -0.2) is 0 Å². The summed E-state index contributed by atoms with van der Waals surface area (Å²) in [6, 6.07) is 5.17. The Morgan fingerprint density at radius 2 is 2.15 bits per heavy atom. The predicted octanol–water partition coefficient (Wildman–Crippen LogP) is 2.79. The number of rotatable bonds is 9. The smallest absolute Gasteiger partial charge is 0.272 e. The molecule has 0 amide bonds. The molecule has 0 aromatic heterocycles. The molecule has 0 fully saturated rings. The quantitative estimate of drug-likeness (QED) is 0.539. The van der Waals surface area contributed by atoms with Crippen LogP contribution in [0.5, 0.6) is 0 Å². The zero-order valence-electron chi connectivity index (χ0n) is 12.3. The molecule has 0 bridgehead atoms. The van der Waals surface area contributed by atoms with Crippen molar-refractivity contribution in [1.82, 2.24) is 5.32 Å². The van der Waals surface area contributed by atoms with E-state index in [-0.39, 0.29) is 17.2 Å². The van der Waals surface area contributed by atoms with Gasteiger partial charge < -0.3 is 10.4 Å². The van der Waals surface area contributed by atoms with Gasteiger partial charge in [0.2, 0.25) is 0 Å². The number of nitro benzene ring substituents is 1. The minimum absolute atomic E-state index is 0.171. The van der Waals surface area contributed by atoms with Gasteiger partial charge in [0, 0.05) is 24.8 Å². The first kappa shape index (κ1) is 16.6. The van der Waals surface area contributed by atoms with Crippen molar-refractivity contribution >= 4 is 5.69 Å². The molecule has 112 valence electrons. The number of nitrogens with zero attached hydrogens (tertiary/aromatic N) is 1. The van der Waals surface area contributed by atoms with Crippen molar-refractivity contribution in [3.8, 4) is 0 Å². The molecular weight excluding hydrogens is 256 g/mol. The van der Waals surface area contributed by atoms with Gasteiger partial charge in [0.05, 0.1) is 4.92 Å². The topological polar surface area (TPSA) is 75.4 Å². The number of hydrogen-bond acceptors (Lipinski definition) is 4. The molecule has 1 aromatic carbocycles. The molecule has 5 nitrogen and oxygen atoms in total. The molecule has 1 rings (SSSR count). The number of aliphatic hydroxyl groups excluding tert-OH is 1. The van der Waals surface area contributed by atoms with Crippen LogP contribution in [0, 0.1) is 23.0 Å². The fourth-order valence-electron chi connectivity index (χ4n) is 2.41. The van der Waals surface area contributed by atoms with Crippen LogP contribution < -0.4 is 5.32 Å². The van der Waals surface area contributed by atoms with Crippen LogP contribution in [0.15, 0.2) is 18.2 Å². The van der Waals surface area contributed by atoms with Crippen LogP contribution in [-0.2, 0) is 6.54 Å². The van der Waals surface area contributed by atoms with E-state index in [1.807, 2.05) is 6.07 Å². The van der Waals surface area contributed by atoms with Crippen LogP contribution in [0.25, 0.3) is 0 Å². The maximum atomic E-state index is 10.9. The summed E-state index contributed by atoms with van der Waals surface area (Å²) in [6.45, 7) is 5.58. The number of aliphatic hydroxyl groups is 1. The number of hydrogen-bond donors (Lipinski definition) is 2. The predicted molar refractivity (Wildman–Crippen MR) is 79.6 cm³/mol. The van der Waals surface area contributed by atoms with Crippen molar-refractivity contribution in [2.24, 2.45) is 5.92 Å². The zero-order chi connectivity index (χ0) is 15.0. The third kappa shape index (κ3) is 4.90. The molecule has 0 heterocycles. The Labute approximate surface area is 120 Å². The second-order valence-corrected chi connectivity index (χ2v) is 5.12. The Morgan fingerprint density at radius 3 is 2.75 bits per heavy atom. The van der Waals surface area contributed by atoms with Crippen LogP contribution in [0.3, 0.4) is 0 Å². The van der Waals surface area contributed by atoms with Gasteiger partial charge in [-0.1, -0.05) is 25.5 Å². The standard InChI is InChI=1S/C15H24N2O3/c1-3-5-13(8-9-18)10-16-11-14-6-4-7-15(12(14)2)17(19)20/h4,6-7,13,16,18H,3,5,8-11H2,1-2H3. The normalized spacial score (nSPS) is 12.3. The van der Waals surface area contributed by atoms with Crippen molar-refractivity contribution in [2.45, 2.75) is 39.7 Å². The van der Waals surface area contributed by atoms with E-state index in [9.17, 15) is 10.1 Å². The lowest BCUT2D eigenvalue weighted by atomic mass is 10.00. The van der Waals surface area contributed by atoms with E-state index in [0.29, 0.717) is 12.5 Å². The van der Waals surface area contributed by atoms with Crippen LogP contribution in [-0.4, -0.2) is 23.2 Å². The Hall–Kier alpha value is -1.46. The van der Waals surface area contributed by atoms with Crippen molar-refractivity contribution in [1.29, 1.82) is 0 Å². The fraction of sp³-hybridized carbons (Fsp3) is 0.600. The summed E-state index contributed by atoms with van der Waals surface area (Å²) < 4.78 is 0. The van der Waals surface area contributed by atoms with Gasteiger partial charge in [-0.3, -0.25) is 10.1 Å². The minimum atomic E-state index is -0.343. The Kier molecular flexibility index (Phi) is 7.18. The number of nitro groups is 1. The first-order chi connectivity index (χ1) is 9.60. The van der Waals surface area contributed by atoms with Crippen LogP contribution in [0.4, 0.5) is 5.69 Å². The molecule has 1 atom stereocenters. The van der Waals surface area contributed by atoms with Gasteiger partial charge >= 0.3 is 0 Å². The van der Waals surface area contributed by atoms with Crippen molar-refractivity contribution in [3.05, 3.63) is 39.4 Å². The molecular formula is C15H24N2O3. The van der Waals surface area contributed by atoms with E-state index < -0.39 is 0 Å². The molecule has 1 aromatic rings.